The van der Waals surface area contributed by atoms with Crippen LogP contribution >= 0.6 is 0 Å². The Kier molecular flexibility index (Phi) is 4.69. The molecule has 0 aliphatic carbocycles. The van der Waals surface area contributed by atoms with E-state index in [1.807, 2.05) is 0 Å². The van der Waals surface area contributed by atoms with Crippen molar-refractivity contribution in [3.05, 3.63) is 0 Å². The van der Waals surface area contributed by atoms with Gasteiger partial charge in [-0.1, -0.05) is 5.16 Å². The number of aliphatic hydroxyl groups is 1. The molecule has 1 fully saturated rings. The Morgan fingerprint density at radius 3 is 3.00 bits per heavy atom. The third kappa shape index (κ3) is 3.51. The summed E-state index contributed by atoms with van der Waals surface area (Å²) < 4.78 is 0. The van der Waals surface area contributed by atoms with Gasteiger partial charge in [-0.25, -0.2) is 0 Å². The smallest absolute Gasteiger partial charge is 0.153 e. The van der Waals surface area contributed by atoms with Crippen molar-refractivity contribution in [2.24, 2.45) is 16.8 Å². The van der Waals surface area contributed by atoms with Crippen LogP contribution in [0.25, 0.3) is 0 Å². The molecule has 1 unspecified atom stereocenters. The van der Waals surface area contributed by atoms with Crippen molar-refractivity contribution in [3.63, 3.8) is 0 Å². The van der Waals surface area contributed by atoms with Crippen LogP contribution < -0.4 is 5.73 Å². The first kappa shape index (κ1) is 11.3. The van der Waals surface area contributed by atoms with Gasteiger partial charge in [0, 0.05) is 13.2 Å². The average Bonchev–Trinajstić information content (AvgIpc) is 2.19. The highest BCUT2D eigenvalue weighted by atomic mass is 16.4. The molecule has 5 heteroatoms. The lowest BCUT2D eigenvalue weighted by Gasteiger charge is -2.31. The third-order valence-corrected chi connectivity index (χ3v) is 2.65. The van der Waals surface area contributed by atoms with E-state index in [1.54, 1.807) is 0 Å². The van der Waals surface area contributed by atoms with Crippen LogP contribution in [0.4, 0.5) is 0 Å². The van der Waals surface area contributed by atoms with Crippen LogP contribution in [0.5, 0.6) is 0 Å². The molecule has 1 atom stereocenters. The Morgan fingerprint density at radius 1 is 1.57 bits per heavy atom. The molecule has 5 nitrogen and oxygen atoms in total. The van der Waals surface area contributed by atoms with Crippen molar-refractivity contribution in [1.82, 2.24) is 4.90 Å². The van der Waals surface area contributed by atoms with Gasteiger partial charge in [0.05, 0.1) is 6.54 Å². The van der Waals surface area contributed by atoms with Crippen molar-refractivity contribution < 1.29 is 10.3 Å². The van der Waals surface area contributed by atoms with Crippen molar-refractivity contribution in [1.29, 1.82) is 0 Å². The molecule has 1 saturated heterocycles. The summed E-state index contributed by atoms with van der Waals surface area (Å²) >= 11 is 0. The van der Waals surface area contributed by atoms with E-state index in [-0.39, 0.29) is 12.4 Å². The number of nitrogens with zero attached hydrogens (tertiary/aromatic N) is 2. The van der Waals surface area contributed by atoms with Gasteiger partial charge in [-0.15, -0.1) is 0 Å². The van der Waals surface area contributed by atoms with E-state index in [1.165, 1.54) is 6.42 Å². The summed E-state index contributed by atoms with van der Waals surface area (Å²) in [5.74, 6) is 0.815. The first-order valence-corrected chi connectivity index (χ1v) is 5.06. The minimum Gasteiger partial charge on any atom is -0.409 e. The fourth-order valence-electron chi connectivity index (χ4n) is 1.97. The minimum absolute atomic E-state index is 0.252. The van der Waals surface area contributed by atoms with Gasteiger partial charge in [0.15, 0.2) is 5.84 Å². The van der Waals surface area contributed by atoms with Crippen LogP contribution in [-0.4, -0.2) is 47.3 Å². The van der Waals surface area contributed by atoms with Crippen molar-refractivity contribution >= 4 is 5.84 Å². The topological polar surface area (TPSA) is 82.1 Å². The Balaban J connectivity index is 2.32. The van der Waals surface area contributed by atoms with Crippen LogP contribution in [0.15, 0.2) is 5.16 Å². The summed E-state index contributed by atoms with van der Waals surface area (Å²) in [5, 5.41) is 20.2. The Morgan fingerprint density at radius 2 is 2.36 bits per heavy atom. The summed E-state index contributed by atoms with van der Waals surface area (Å²) in [6.07, 6.45) is 3.16. The number of piperidine rings is 1. The molecule has 0 radical (unpaired) electrons. The lowest BCUT2D eigenvalue weighted by atomic mass is 9.95. The molecule has 0 spiro atoms. The molecule has 0 aromatic rings. The zero-order chi connectivity index (χ0) is 10.4. The fraction of sp³-hybridized carbons (Fsp3) is 0.889. The maximum atomic E-state index is 8.83. The molecule has 0 saturated carbocycles. The molecular formula is C9H19N3O2. The molecule has 1 heterocycles. The highest BCUT2D eigenvalue weighted by Crippen LogP contribution is 2.18. The number of oxime groups is 1. The number of hydrogen-bond donors (Lipinski definition) is 3. The molecular weight excluding hydrogens is 182 g/mol. The van der Waals surface area contributed by atoms with Gasteiger partial charge in [-0.2, -0.15) is 0 Å². The lowest BCUT2D eigenvalue weighted by Crippen LogP contribution is -2.41. The van der Waals surface area contributed by atoms with Crippen LogP contribution in [0, 0.1) is 5.92 Å². The van der Waals surface area contributed by atoms with Gasteiger partial charge in [0.25, 0.3) is 0 Å². The van der Waals surface area contributed by atoms with Gasteiger partial charge in [-0.05, 0) is 31.7 Å². The highest BCUT2D eigenvalue weighted by Gasteiger charge is 2.19. The largest absolute Gasteiger partial charge is 0.409 e. The number of likely N-dealkylation sites (tertiary alicyclic amines) is 1. The van der Waals surface area contributed by atoms with E-state index in [9.17, 15) is 0 Å². The summed E-state index contributed by atoms with van der Waals surface area (Å²) in [5.41, 5.74) is 5.43. The fourth-order valence-corrected chi connectivity index (χ4v) is 1.97. The summed E-state index contributed by atoms with van der Waals surface area (Å²) in [4.78, 5) is 2.17. The van der Waals surface area contributed by atoms with Gasteiger partial charge >= 0.3 is 0 Å². The summed E-state index contributed by atoms with van der Waals surface area (Å²) in [6, 6.07) is 0. The first-order chi connectivity index (χ1) is 6.76. The third-order valence-electron chi connectivity index (χ3n) is 2.65. The van der Waals surface area contributed by atoms with Crippen LogP contribution in [0.3, 0.4) is 0 Å². The van der Waals surface area contributed by atoms with Crippen LogP contribution in [0.2, 0.25) is 0 Å². The Bertz CT molecular complexity index is 194. The van der Waals surface area contributed by atoms with Gasteiger partial charge in [0.2, 0.25) is 0 Å². The molecule has 4 N–H and O–H groups in total. The monoisotopic (exact) mass is 201 g/mol. The average molecular weight is 201 g/mol. The number of nitrogens with two attached hydrogens (primary N) is 1. The van der Waals surface area contributed by atoms with E-state index >= 15 is 0 Å². The van der Waals surface area contributed by atoms with E-state index in [0.29, 0.717) is 12.5 Å². The number of aliphatic hydroxyl groups excluding tert-OH is 1. The molecule has 14 heavy (non-hydrogen) atoms. The Hall–Kier alpha value is -0.810. The first-order valence-electron chi connectivity index (χ1n) is 5.06. The highest BCUT2D eigenvalue weighted by molar-refractivity contribution is 5.81. The maximum Gasteiger partial charge on any atom is 0.153 e. The van der Waals surface area contributed by atoms with E-state index < -0.39 is 0 Å². The van der Waals surface area contributed by atoms with Gasteiger partial charge < -0.3 is 16.0 Å². The molecule has 0 aromatic heterocycles. The second-order valence-corrected chi connectivity index (χ2v) is 3.85. The standard InChI is InChI=1S/C9H19N3O2/c10-9(11-14)7-12-4-1-2-8(6-12)3-5-13/h8,13-14H,1-7H2,(H2,10,11). The zero-order valence-electron chi connectivity index (χ0n) is 8.39. The SMILES string of the molecule is NC(CN1CCCC(CCO)C1)=NO. The molecule has 1 aliphatic rings. The summed E-state index contributed by atoms with van der Waals surface area (Å²) in [7, 11) is 0. The van der Waals surface area contributed by atoms with Crippen molar-refractivity contribution in [2.75, 3.05) is 26.2 Å². The predicted molar refractivity (Wildman–Crippen MR) is 54.3 cm³/mol. The van der Waals surface area contributed by atoms with Crippen molar-refractivity contribution in [2.45, 2.75) is 19.3 Å². The van der Waals surface area contributed by atoms with Crippen molar-refractivity contribution in [3.8, 4) is 0 Å². The molecule has 0 amide bonds. The predicted octanol–water partition coefficient (Wildman–Crippen LogP) is -0.173. The molecule has 1 rings (SSSR count). The number of rotatable bonds is 4. The molecule has 82 valence electrons. The second kappa shape index (κ2) is 5.82. The minimum atomic E-state index is 0.252. The lowest BCUT2D eigenvalue weighted by molar-refractivity contribution is 0.161. The maximum absolute atomic E-state index is 8.83. The molecule has 1 aliphatic heterocycles. The van der Waals surface area contributed by atoms with Crippen LogP contribution in [-0.2, 0) is 0 Å². The number of hydrogen-bond acceptors (Lipinski definition) is 4. The van der Waals surface area contributed by atoms with E-state index in [4.69, 9.17) is 16.0 Å². The Labute approximate surface area is 84.2 Å². The van der Waals surface area contributed by atoms with E-state index in [2.05, 4.69) is 10.1 Å². The van der Waals surface area contributed by atoms with Crippen LogP contribution in [0.1, 0.15) is 19.3 Å². The molecule has 0 aromatic carbocycles. The normalized spacial score (nSPS) is 25.2. The zero-order valence-corrected chi connectivity index (χ0v) is 8.39. The van der Waals surface area contributed by atoms with E-state index in [0.717, 1.165) is 25.9 Å². The van der Waals surface area contributed by atoms with Gasteiger partial charge in [-0.3, -0.25) is 4.90 Å². The molecule has 0 bridgehead atoms. The second-order valence-electron chi connectivity index (χ2n) is 3.85. The van der Waals surface area contributed by atoms with Gasteiger partial charge in [0.1, 0.15) is 0 Å². The number of amidine groups is 1. The summed E-state index contributed by atoms with van der Waals surface area (Å²) in [6.45, 7) is 2.72. The quantitative estimate of drug-likeness (QED) is 0.255.